The van der Waals surface area contributed by atoms with E-state index in [1.165, 1.54) is 0 Å². The van der Waals surface area contributed by atoms with Gasteiger partial charge in [-0.3, -0.25) is 0 Å². The van der Waals surface area contributed by atoms with Crippen molar-refractivity contribution in [3.63, 3.8) is 0 Å². The molecule has 0 spiro atoms. The van der Waals surface area contributed by atoms with Crippen molar-refractivity contribution < 1.29 is 9.90 Å². The number of aliphatic hydroxyl groups excluding tert-OH is 1. The molecule has 0 unspecified atom stereocenters. The van der Waals surface area contributed by atoms with Crippen LogP contribution in [0, 0.1) is 5.41 Å². The Hall–Kier alpha value is -0.630. The van der Waals surface area contributed by atoms with Gasteiger partial charge in [0.05, 0.1) is 11.5 Å². The third kappa shape index (κ3) is 1.12. The van der Waals surface area contributed by atoms with E-state index in [0.29, 0.717) is 0 Å². The molecular weight excluding hydrogens is 128 g/mol. The standard InChI is InChI=1S/C8H12O2/c1-8(6-9)5-3-2-4-7(8)10/h2,4,6-7,10H,3,5H2,1H3/t7-,8-/m0/s1. The summed E-state index contributed by atoms with van der Waals surface area (Å²) in [5.74, 6) is 0. The van der Waals surface area contributed by atoms with Gasteiger partial charge < -0.3 is 9.90 Å². The topological polar surface area (TPSA) is 37.3 Å². The fraction of sp³-hybridized carbons (Fsp3) is 0.625. The number of aliphatic hydroxyl groups is 1. The molecule has 2 atom stereocenters. The maximum atomic E-state index is 10.5. The lowest BCUT2D eigenvalue weighted by Crippen LogP contribution is -2.34. The minimum absolute atomic E-state index is 0.533. The van der Waals surface area contributed by atoms with Gasteiger partial charge in [0.2, 0.25) is 0 Å². The molecule has 1 rings (SSSR count). The van der Waals surface area contributed by atoms with E-state index in [1.54, 1.807) is 13.0 Å². The van der Waals surface area contributed by atoms with Gasteiger partial charge in [0, 0.05) is 0 Å². The smallest absolute Gasteiger partial charge is 0.128 e. The van der Waals surface area contributed by atoms with Crippen LogP contribution in [0.4, 0.5) is 0 Å². The lowest BCUT2D eigenvalue weighted by molar-refractivity contribution is -0.120. The molecule has 10 heavy (non-hydrogen) atoms. The number of carbonyl (C=O) groups is 1. The Morgan fingerprint density at radius 3 is 2.90 bits per heavy atom. The average molecular weight is 140 g/mol. The lowest BCUT2D eigenvalue weighted by atomic mass is 9.78. The Morgan fingerprint density at radius 2 is 2.50 bits per heavy atom. The molecule has 0 radical (unpaired) electrons. The Labute approximate surface area is 60.6 Å². The van der Waals surface area contributed by atoms with Gasteiger partial charge in [-0.2, -0.15) is 0 Å². The molecule has 0 heterocycles. The van der Waals surface area contributed by atoms with Gasteiger partial charge in [-0.25, -0.2) is 0 Å². The minimum Gasteiger partial charge on any atom is -0.388 e. The molecule has 0 fully saturated rings. The molecule has 0 aromatic heterocycles. The number of allylic oxidation sites excluding steroid dienone is 1. The van der Waals surface area contributed by atoms with E-state index in [1.807, 2.05) is 6.08 Å². The van der Waals surface area contributed by atoms with Crippen molar-refractivity contribution in [1.29, 1.82) is 0 Å². The van der Waals surface area contributed by atoms with Crippen LogP contribution in [0.2, 0.25) is 0 Å². The van der Waals surface area contributed by atoms with E-state index >= 15 is 0 Å². The van der Waals surface area contributed by atoms with Crippen LogP contribution in [-0.4, -0.2) is 17.5 Å². The number of hydrogen-bond donors (Lipinski definition) is 1. The summed E-state index contributed by atoms with van der Waals surface area (Å²) in [5, 5.41) is 9.31. The second-order valence-electron chi connectivity index (χ2n) is 3.04. The van der Waals surface area contributed by atoms with Crippen LogP contribution in [0.3, 0.4) is 0 Å². The summed E-state index contributed by atoms with van der Waals surface area (Å²) in [6.07, 6.45) is 5.52. The summed E-state index contributed by atoms with van der Waals surface area (Å²) in [5.41, 5.74) is -0.533. The summed E-state index contributed by atoms with van der Waals surface area (Å²) in [6.45, 7) is 1.79. The third-order valence-electron chi connectivity index (χ3n) is 2.11. The maximum absolute atomic E-state index is 10.5. The predicted octanol–water partition coefficient (Wildman–Crippen LogP) is 0.902. The largest absolute Gasteiger partial charge is 0.388 e. The van der Waals surface area contributed by atoms with Crippen LogP contribution < -0.4 is 0 Å². The molecule has 1 aliphatic carbocycles. The monoisotopic (exact) mass is 140 g/mol. The van der Waals surface area contributed by atoms with Crippen LogP contribution >= 0.6 is 0 Å². The number of hydrogen-bond acceptors (Lipinski definition) is 2. The molecule has 0 saturated carbocycles. The van der Waals surface area contributed by atoms with Crippen molar-refractivity contribution in [3.05, 3.63) is 12.2 Å². The van der Waals surface area contributed by atoms with Gasteiger partial charge >= 0.3 is 0 Å². The van der Waals surface area contributed by atoms with Gasteiger partial charge in [-0.05, 0) is 12.8 Å². The first-order valence-corrected chi connectivity index (χ1v) is 3.50. The SMILES string of the molecule is C[C@@]1(C=O)CCC=C[C@@H]1O. The predicted molar refractivity (Wildman–Crippen MR) is 38.6 cm³/mol. The molecule has 0 aromatic carbocycles. The first-order valence-electron chi connectivity index (χ1n) is 3.50. The number of rotatable bonds is 1. The van der Waals surface area contributed by atoms with Crippen molar-refractivity contribution in [1.82, 2.24) is 0 Å². The molecule has 2 nitrogen and oxygen atoms in total. The molecule has 0 saturated heterocycles. The Morgan fingerprint density at radius 1 is 1.80 bits per heavy atom. The molecule has 56 valence electrons. The minimum atomic E-state index is -0.584. The zero-order valence-corrected chi connectivity index (χ0v) is 6.08. The zero-order chi connectivity index (χ0) is 7.61. The van der Waals surface area contributed by atoms with Crippen molar-refractivity contribution in [2.45, 2.75) is 25.9 Å². The normalized spacial score (nSPS) is 39.6. The van der Waals surface area contributed by atoms with E-state index in [2.05, 4.69) is 0 Å². The van der Waals surface area contributed by atoms with Gasteiger partial charge in [0.15, 0.2) is 0 Å². The number of carbonyl (C=O) groups excluding carboxylic acids is 1. The summed E-state index contributed by atoms with van der Waals surface area (Å²) < 4.78 is 0. The molecule has 1 N–H and O–H groups in total. The average Bonchev–Trinajstić information content (AvgIpc) is 1.96. The van der Waals surface area contributed by atoms with Gasteiger partial charge in [0.1, 0.15) is 6.29 Å². The highest BCUT2D eigenvalue weighted by Gasteiger charge is 2.32. The van der Waals surface area contributed by atoms with Crippen molar-refractivity contribution in [2.24, 2.45) is 5.41 Å². The Bertz CT molecular complexity index is 163. The fourth-order valence-electron chi connectivity index (χ4n) is 1.12. The van der Waals surface area contributed by atoms with Gasteiger partial charge in [0.25, 0.3) is 0 Å². The summed E-state index contributed by atoms with van der Waals surface area (Å²) >= 11 is 0. The maximum Gasteiger partial charge on any atom is 0.128 e. The third-order valence-corrected chi connectivity index (χ3v) is 2.11. The number of aldehydes is 1. The molecule has 0 aliphatic heterocycles. The van der Waals surface area contributed by atoms with Crippen LogP contribution in [0.5, 0.6) is 0 Å². The molecule has 0 bridgehead atoms. The summed E-state index contributed by atoms with van der Waals surface area (Å²) in [6, 6.07) is 0. The summed E-state index contributed by atoms with van der Waals surface area (Å²) in [7, 11) is 0. The van der Waals surface area contributed by atoms with E-state index in [4.69, 9.17) is 0 Å². The second-order valence-corrected chi connectivity index (χ2v) is 3.04. The van der Waals surface area contributed by atoms with Gasteiger partial charge in [-0.15, -0.1) is 0 Å². The second kappa shape index (κ2) is 2.54. The first kappa shape index (κ1) is 7.48. The molecular formula is C8H12O2. The molecule has 1 aliphatic rings. The van der Waals surface area contributed by atoms with Gasteiger partial charge in [-0.1, -0.05) is 19.1 Å². The zero-order valence-electron chi connectivity index (χ0n) is 6.08. The highest BCUT2D eigenvalue weighted by molar-refractivity contribution is 5.60. The van der Waals surface area contributed by atoms with E-state index < -0.39 is 11.5 Å². The van der Waals surface area contributed by atoms with E-state index in [-0.39, 0.29) is 0 Å². The van der Waals surface area contributed by atoms with Crippen LogP contribution in [0.15, 0.2) is 12.2 Å². The van der Waals surface area contributed by atoms with E-state index in [0.717, 1.165) is 19.1 Å². The summed E-state index contributed by atoms with van der Waals surface area (Å²) in [4.78, 5) is 10.5. The molecule has 0 amide bonds. The molecule has 0 aromatic rings. The highest BCUT2D eigenvalue weighted by atomic mass is 16.3. The highest BCUT2D eigenvalue weighted by Crippen LogP contribution is 2.29. The van der Waals surface area contributed by atoms with Crippen molar-refractivity contribution >= 4 is 6.29 Å². The van der Waals surface area contributed by atoms with Crippen molar-refractivity contribution in [3.8, 4) is 0 Å². The Kier molecular flexibility index (Phi) is 1.90. The van der Waals surface area contributed by atoms with Crippen LogP contribution in [0.1, 0.15) is 19.8 Å². The molecule has 2 heteroatoms. The van der Waals surface area contributed by atoms with Crippen LogP contribution in [-0.2, 0) is 4.79 Å². The van der Waals surface area contributed by atoms with Crippen molar-refractivity contribution in [2.75, 3.05) is 0 Å². The van der Waals surface area contributed by atoms with E-state index in [9.17, 15) is 9.90 Å². The lowest BCUT2D eigenvalue weighted by Gasteiger charge is -2.29. The van der Waals surface area contributed by atoms with Crippen LogP contribution in [0.25, 0.3) is 0 Å². The quantitative estimate of drug-likeness (QED) is 0.434. The fourth-order valence-corrected chi connectivity index (χ4v) is 1.12. The Balaban J connectivity index is 2.77. The first-order chi connectivity index (χ1) is 4.69.